The van der Waals surface area contributed by atoms with E-state index in [2.05, 4.69) is 29.1 Å². The number of para-hydroxylation sites is 2. The van der Waals surface area contributed by atoms with Gasteiger partial charge in [0.25, 0.3) is 0 Å². The Morgan fingerprint density at radius 1 is 1.22 bits per heavy atom. The maximum Gasteiger partial charge on any atom is 0.419 e. The van der Waals surface area contributed by atoms with Crippen LogP contribution in [0.2, 0.25) is 0 Å². The number of carbonyl (C=O) groups excluding carboxylic acids is 1. The molecule has 32 heavy (non-hydrogen) atoms. The number of oxazole rings is 1. The van der Waals surface area contributed by atoms with Gasteiger partial charge in [0, 0.05) is 37.2 Å². The summed E-state index contributed by atoms with van der Waals surface area (Å²) in [5, 5.41) is 2.91. The highest BCUT2D eigenvalue weighted by Crippen LogP contribution is 2.31. The quantitative estimate of drug-likeness (QED) is 0.211. The largest absolute Gasteiger partial charge is 0.419 e. The molecule has 0 saturated heterocycles. The van der Waals surface area contributed by atoms with Crippen molar-refractivity contribution in [2.24, 2.45) is 0 Å². The topological polar surface area (TPSA) is 77.1 Å². The molecule has 2 aromatic carbocycles. The maximum absolute atomic E-state index is 12.5. The molecule has 0 radical (unpaired) electrons. The fraction of sp³-hybridized carbons (Fsp3) is 0.292. The lowest BCUT2D eigenvalue weighted by Crippen LogP contribution is -2.19. The third-order valence-corrected chi connectivity index (χ3v) is 6.90. The van der Waals surface area contributed by atoms with Crippen molar-refractivity contribution in [3.05, 3.63) is 53.0 Å². The van der Waals surface area contributed by atoms with Crippen molar-refractivity contribution in [3.63, 3.8) is 0 Å². The summed E-state index contributed by atoms with van der Waals surface area (Å²) in [6.07, 6.45) is 3.08. The molecule has 164 valence electrons. The van der Waals surface area contributed by atoms with E-state index < -0.39 is 5.76 Å². The van der Waals surface area contributed by atoms with Gasteiger partial charge in [-0.15, -0.1) is 23.2 Å². The number of rotatable bonds is 8. The van der Waals surface area contributed by atoms with Crippen molar-refractivity contribution in [2.45, 2.75) is 43.5 Å². The summed E-state index contributed by atoms with van der Waals surface area (Å²) >= 11 is 3.33. The van der Waals surface area contributed by atoms with E-state index in [-0.39, 0.29) is 18.9 Å². The van der Waals surface area contributed by atoms with Crippen molar-refractivity contribution in [1.82, 2.24) is 9.55 Å². The Morgan fingerprint density at radius 3 is 2.94 bits per heavy atom. The number of anilines is 1. The van der Waals surface area contributed by atoms with E-state index in [9.17, 15) is 9.59 Å². The van der Waals surface area contributed by atoms with Crippen LogP contribution in [0.15, 0.2) is 56.0 Å². The van der Waals surface area contributed by atoms with E-state index in [0.717, 1.165) is 45.3 Å². The first-order valence-corrected chi connectivity index (χ1v) is 12.3. The van der Waals surface area contributed by atoms with Crippen molar-refractivity contribution in [3.8, 4) is 11.8 Å². The van der Waals surface area contributed by atoms with E-state index in [1.165, 1.54) is 4.57 Å². The minimum Gasteiger partial charge on any atom is -0.408 e. The van der Waals surface area contributed by atoms with Gasteiger partial charge in [-0.05, 0) is 36.8 Å². The van der Waals surface area contributed by atoms with Crippen LogP contribution in [0.3, 0.4) is 0 Å². The first kappa shape index (κ1) is 22.2. The minimum absolute atomic E-state index is 0.161. The van der Waals surface area contributed by atoms with Crippen LogP contribution in [0.4, 0.5) is 5.69 Å². The molecule has 4 aromatic rings. The van der Waals surface area contributed by atoms with Gasteiger partial charge in [0.05, 0.1) is 15.7 Å². The van der Waals surface area contributed by atoms with Gasteiger partial charge in [0.2, 0.25) is 5.91 Å². The van der Waals surface area contributed by atoms with Gasteiger partial charge >= 0.3 is 5.76 Å². The standard InChI is InChI=1S/C24H23N3O3S2/c1-2-3-4-5-8-15-31-23-26-18-12-11-17(16-21(18)32-23)25-22(28)13-14-27-19-9-6-7-10-20(19)30-24(27)29/h6-7,9-12,16H,2-3,8,13-15H2,1H3,(H,25,28). The maximum atomic E-state index is 12.5. The molecular weight excluding hydrogens is 442 g/mol. The Kier molecular flexibility index (Phi) is 7.30. The van der Waals surface area contributed by atoms with Crippen molar-refractivity contribution < 1.29 is 9.21 Å². The lowest BCUT2D eigenvalue weighted by Gasteiger charge is -2.05. The number of carbonyl (C=O) groups is 1. The second-order valence-electron chi connectivity index (χ2n) is 7.15. The van der Waals surface area contributed by atoms with Gasteiger partial charge in [-0.25, -0.2) is 9.78 Å². The number of hydrogen-bond acceptors (Lipinski definition) is 6. The molecule has 0 saturated carbocycles. The third-order valence-electron chi connectivity index (χ3n) is 4.74. The Labute approximate surface area is 194 Å². The highest BCUT2D eigenvalue weighted by Gasteiger charge is 2.11. The molecule has 2 aromatic heterocycles. The van der Waals surface area contributed by atoms with Gasteiger partial charge in [-0.3, -0.25) is 9.36 Å². The molecule has 4 rings (SSSR count). The first-order valence-electron chi connectivity index (χ1n) is 10.5. The highest BCUT2D eigenvalue weighted by molar-refractivity contribution is 8.01. The average molecular weight is 466 g/mol. The molecule has 0 bridgehead atoms. The number of nitrogens with zero attached hydrogens (tertiary/aromatic N) is 2. The number of hydrogen-bond donors (Lipinski definition) is 1. The molecule has 6 nitrogen and oxygen atoms in total. The van der Waals surface area contributed by atoms with Crippen LogP contribution in [-0.4, -0.2) is 21.2 Å². The lowest BCUT2D eigenvalue weighted by molar-refractivity contribution is -0.116. The Bertz CT molecular complexity index is 1360. The number of benzene rings is 2. The zero-order valence-electron chi connectivity index (χ0n) is 17.7. The van der Waals surface area contributed by atoms with Gasteiger partial charge in [-0.2, -0.15) is 0 Å². The molecular formula is C24H23N3O3S2. The number of thioether (sulfide) groups is 1. The molecule has 0 fully saturated rings. The summed E-state index contributed by atoms with van der Waals surface area (Å²) < 4.78 is 8.73. The van der Waals surface area contributed by atoms with Crippen LogP contribution < -0.4 is 11.1 Å². The second-order valence-corrected chi connectivity index (χ2v) is 9.52. The van der Waals surface area contributed by atoms with E-state index >= 15 is 0 Å². The van der Waals surface area contributed by atoms with Gasteiger partial charge in [0.1, 0.15) is 0 Å². The summed E-state index contributed by atoms with van der Waals surface area (Å²) in [5.41, 5.74) is 2.86. The number of amides is 1. The molecule has 0 spiro atoms. The number of unbranched alkanes of at least 4 members (excludes halogenated alkanes) is 1. The fourth-order valence-corrected chi connectivity index (χ4v) is 5.23. The van der Waals surface area contributed by atoms with Crippen LogP contribution >= 0.6 is 23.1 Å². The Balaban J connectivity index is 1.34. The van der Waals surface area contributed by atoms with Crippen LogP contribution in [-0.2, 0) is 11.3 Å². The van der Waals surface area contributed by atoms with Gasteiger partial charge < -0.3 is 9.73 Å². The molecule has 0 aliphatic rings. The molecule has 8 heteroatoms. The number of thiazole rings is 1. The van der Waals surface area contributed by atoms with Crippen LogP contribution in [0.1, 0.15) is 32.6 Å². The van der Waals surface area contributed by atoms with Crippen molar-refractivity contribution in [1.29, 1.82) is 0 Å². The zero-order valence-corrected chi connectivity index (χ0v) is 19.4. The van der Waals surface area contributed by atoms with E-state index in [1.807, 2.05) is 36.4 Å². The summed E-state index contributed by atoms with van der Waals surface area (Å²) in [4.78, 5) is 29.2. The average Bonchev–Trinajstić information content (AvgIpc) is 3.33. The summed E-state index contributed by atoms with van der Waals surface area (Å²) in [5.74, 6) is 6.65. The number of fused-ring (bicyclic) bond motifs is 2. The first-order chi connectivity index (χ1) is 15.6. The van der Waals surface area contributed by atoms with Crippen LogP contribution in [0.25, 0.3) is 21.3 Å². The molecule has 2 heterocycles. The summed E-state index contributed by atoms with van der Waals surface area (Å²) in [7, 11) is 0. The molecule has 0 aliphatic carbocycles. The Morgan fingerprint density at radius 2 is 2.06 bits per heavy atom. The number of nitrogens with one attached hydrogen (secondary N) is 1. The van der Waals surface area contributed by atoms with E-state index in [0.29, 0.717) is 11.1 Å². The zero-order chi connectivity index (χ0) is 22.3. The predicted molar refractivity (Wildman–Crippen MR) is 131 cm³/mol. The summed E-state index contributed by atoms with van der Waals surface area (Å²) in [6.45, 7) is 2.39. The molecule has 1 N–H and O–H groups in total. The van der Waals surface area contributed by atoms with Crippen LogP contribution in [0, 0.1) is 11.8 Å². The fourth-order valence-electron chi connectivity index (χ4n) is 3.20. The SMILES string of the molecule is CCCC#CCCSc1nc2ccc(NC(=O)CCn3c(=O)oc4ccccc43)cc2s1. The molecule has 0 aliphatic heterocycles. The Hall–Kier alpha value is -3.02. The number of aromatic nitrogens is 2. The smallest absolute Gasteiger partial charge is 0.408 e. The lowest BCUT2D eigenvalue weighted by atomic mass is 10.3. The number of aryl methyl sites for hydroxylation is 1. The monoisotopic (exact) mass is 465 g/mol. The van der Waals surface area contributed by atoms with Gasteiger partial charge in [0.15, 0.2) is 9.92 Å². The third kappa shape index (κ3) is 5.42. The minimum atomic E-state index is -0.452. The second kappa shape index (κ2) is 10.5. The predicted octanol–water partition coefficient (Wildman–Crippen LogP) is 5.52. The highest BCUT2D eigenvalue weighted by atomic mass is 32.2. The normalized spacial score (nSPS) is 10.9. The van der Waals surface area contributed by atoms with Crippen molar-refractivity contribution >= 4 is 56.0 Å². The van der Waals surface area contributed by atoms with Gasteiger partial charge in [-0.1, -0.05) is 30.8 Å². The molecule has 0 atom stereocenters. The molecule has 1 amide bonds. The van der Waals surface area contributed by atoms with E-state index in [4.69, 9.17) is 4.42 Å². The summed E-state index contributed by atoms with van der Waals surface area (Å²) in [6, 6.07) is 12.9. The van der Waals surface area contributed by atoms with E-state index in [1.54, 1.807) is 29.2 Å². The van der Waals surface area contributed by atoms with Crippen LogP contribution in [0.5, 0.6) is 0 Å². The molecule has 0 unspecified atom stereocenters. The van der Waals surface area contributed by atoms with Crippen molar-refractivity contribution in [2.75, 3.05) is 11.1 Å².